The third-order valence-electron chi connectivity index (χ3n) is 5.96. The Morgan fingerprint density at radius 2 is 1.72 bits per heavy atom. The van der Waals surface area contributed by atoms with E-state index in [9.17, 15) is 19.2 Å². The quantitative estimate of drug-likeness (QED) is 0.712. The topological polar surface area (TPSA) is 86.8 Å². The van der Waals surface area contributed by atoms with Crippen LogP contribution in [-0.2, 0) is 25.6 Å². The molecule has 3 rings (SSSR count). The van der Waals surface area contributed by atoms with Crippen LogP contribution in [0.15, 0.2) is 24.3 Å². The fourth-order valence-corrected chi connectivity index (χ4v) is 4.29. The molecule has 2 atom stereocenters. The number of carbonyl (C=O) groups is 4. The van der Waals surface area contributed by atoms with Gasteiger partial charge in [0.25, 0.3) is 0 Å². The highest BCUT2D eigenvalue weighted by molar-refractivity contribution is 6.05. The lowest BCUT2D eigenvalue weighted by Gasteiger charge is -2.20. The molecule has 156 valence electrons. The summed E-state index contributed by atoms with van der Waals surface area (Å²) in [6.45, 7) is 2.02. The van der Waals surface area contributed by atoms with E-state index in [1.54, 1.807) is 7.05 Å². The Kier molecular flexibility index (Phi) is 6.67. The number of rotatable bonds is 7. The number of carbonyl (C=O) groups excluding carboxylic acids is 4. The number of likely N-dealkylation sites (N-methyl/N-ethyl adjacent to an activating group) is 1. The fraction of sp³-hybridized carbons (Fsp3) is 0.545. The van der Waals surface area contributed by atoms with Crippen LogP contribution in [0, 0.1) is 11.8 Å². The smallest absolute Gasteiger partial charge is 0.243 e. The number of imide groups is 1. The lowest BCUT2D eigenvalue weighted by Crippen LogP contribution is -2.38. The Labute approximate surface area is 171 Å². The molecule has 0 unspecified atom stereocenters. The summed E-state index contributed by atoms with van der Waals surface area (Å²) in [5.74, 6) is -1.21. The summed E-state index contributed by atoms with van der Waals surface area (Å²) < 4.78 is 0. The first-order chi connectivity index (χ1) is 13.9. The van der Waals surface area contributed by atoms with Gasteiger partial charge in [0, 0.05) is 25.7 Å². The molecule has 2 aliphatic rings. The minimum Gasteiger partial charge on any atom is -0.336 e. The Morgan fingerprint density at radius 1 is 1.10 bits per heavy atom. The van der Waals surface area contributed by atoms with E-state index in [4.69, 9.17) is 0 Å². The van der Waals surface area contributed by atoms with Gasteiger partial charge in [-0.05, 0) is 30.9 Å². The van der Waals surface area contributed by atoms with Crippen molar-refractivity contribution in [2.45, 2.75) is 45.4 Å². The van der Waals surface area contributed by atoms with E-state index in [0.717, 1.165) is 43.4 Å². The lowest BCUT2D eigenvalue weighted by atomic mass is 9.81. The van der Waals surface area contributed by atoms with Gasteiger partial charge in [-0.3, -0.25) is 24.1 Å². The second kappa shape index (κ2) is 9.20. The SMILES string of the molecule is CCc1ccccc1NC(=O)CN(C)C(=O)CCN1C(=O)[C@H]2CCCC[C@H]2C1=O. The fourth-order valence-electron chi connectivity index (χ4n) is 4.29. The molecule has 29 heavy (non-hydrogen) atoms. The number of nitrogens with one attached hydrogen (secondary N) is 1. The first-order valence-corrected chi connectivity index (χ1v) is 10.4. The lowest BCUT2D eigenvalue weighted by molar-refractivity contribution is -0.141. The predicted octanol–water partition coefficient (Wildman–Crippen LogP) is 2.21. The molecule has 1 saturated heterocycles. The molecule has 7 heteroatoms. The Morgan fingerprint density at radius 3 is 2.34 bits per heavy atom. The van der Waals surface area contributed by atoms with E-state index >= 15 is 0 Å². The number of hydrogen-bond acceptors (Lipinski definition) is 4. The van der Waals surface area contributed by atoms with Gasteiger partial charge in [0.2, 0.25) is 23.6 Å². The van der Waals surface area contributed by atoms with Gasteiger partial charge in [-0.2, -0.15) is 0 Å². The average molecular weight is 399 g/mol. The van der Waals surface area contributed by atoms with E-state index in [0.29, 0.717) is 0 Å². The van der Waals surface area contributed by atoms with Crippen LogP contribution in [0.3, 0.4) is 0 Å². The van der Waals surface area contributed by atoms with Crippen molar-refractivity contribution in [1.82, 2.24) is 9.80 Å². The number of nitrogens with zero attached hydrogens (tertiary/aromatic N) is 2. The molecule has 1 aromatic carbocycles. The summed E-state index contributed by atoms with van der Waals surface area (Å²) in [4.78, 5) is 52.3. The van der Waals surface area contributed by atoms with Crippen molar-refractivity contribution in [3.8, 4) is 0 Å². The van der Waals surface area contributed by atoms with Gasteiger partial charge in [0.1, 0.15) is 0 Å². The first kappa shape index (κ1) is 21.0. The van der Waals surface area contributed by atoms with Crippen molar-refractivity contribution in [3.63, 3.8) is 0 Å². The van der Waals surface area contributed by atoms with Crippen molar-refractivity contribution in [3.05, 3.63) is 29.8 Å². The molecular weight excluding hydrogens is 370 g/mol. The van der Waals surface area contributed by atoms with Gasteiger partial charge in [0.05, 0.1) is 18.4 Å². The number of anilines is 1. The van der Waals surface area contributed by atoms with Crippen LogP contribution in [-0.4, -0.2) is 53.6 Å². The Balaban J connectivity index is 1.50. The number of likely N-dealkylation sites (tertiary alicyclic amines) is 1. The van der Waals surface area contributed by atoms with E-state index in [1.807, 2.05) is 31.2 Å². The van der Waals surface area contributed by atoms with Crippen molar-refractivity contribution in [2.75, 3.05) is 25.5 Å². The average Bonchev–Trinajstić information content (AvgIpc) is 2.97. The minimum atomic E-state index is -0.277. The summed E-state index contributed by atoms with van der Waals surface area (Å²) in [6.07, 6.45) is 4.31. The summed E-state index contributed by atoms with van der Waals surface area (Å²) >= 11 is 0. The van der Waals surface area contributed by atoms with E-state index in [-0.39, 0.29) is 55.0 Å². The van der Waals surface area contributed by atoms with Gasteiger partial charge in [-0.25, -0.2) is 0 Å². The number of hydrogen-bond donors (Lipinski definition) is 1. The maximum atomic E-state index is 12.5. The molecule has 1 aromatic rings. The molecule has 1 aliphatic heterocycles. The predicted molar refractivity (Wildman–Crippen MR) is 109 cm³/mol. The summed E-state index contributed by atoms with van der Waals surface area (Å²) in [6, 6.07) is 7.56. The Bertz CT molecular complexity index is 783. The molecule has 2 fully saturated rings. The van der Waals surface area contributed by atoms with Crippen molar-refractivity contribution in [1.29, 1.82) is 0 Å². The van der Waals surface area contributed by atoms with Gasteiger partial charge in [-0.1, -0.05) is 38.0 Å². The molecule has 0 spiro atoms. The highest BCUT2D eigenvalue weighted by Gasteiger charge is 2.47. The summed E-state index contributed by atoms with van der Waals surface area (Å²) in [5.41, 5.74) is 1.78. The van der Waals surface area contributed by atoms with E-state index < -0.39 is 0 Å². The number of benzene rings is 1. The highest BCUT2D eigenvalue weighted by Crippen LogP contribution is 2.37. The van der Waals surface area contributed by atoms with Gasteiger partial charge >= 0.3 is 0 Å². The van der Waals surface area contributed by atoms with Crippen molar-refractivity contribution in [2.24, 2.45) is 11.8 Å². The van der Waals surface area contributed by atoms with Crippen molar-refractivity contribution < 1.29 is 19.2 Å². The third kappa shape index (κ3) is 4.66. The molecule has 0 radical (unpaired) electrons. The molecular formula is C22H29N3O4. The third-order valence-corrected chi connectivity index (χ3v) is 5.96. The van der Waals surface area contributed by atoms with Gasteiger partial charge in [-0.15, -0.1) is 0 Å². The molecule has 0 aromatic heterocycles. The maximum absolute atomic E-state index is 12.5. The number of fused-ring (bicyclic) bond motifs is 1. The van der Waals surface area contributed by atoms with Crippen LogP contribution in [0.25, 0.3) is 0 Å². The summed E-state index contributed by atoms with van der Waals surface area (Å²) in [7, 11) is 1.56. The molecule has 0 bridgehead atoms. The van der Waals surface area contributed by atoms with Crippen molar-refractivity contribution >= 4 is 29.3 Å². The molecule has 4 amide bonds. The maximum Gasteiger partial charge on any atom is 0.243 e. The zero-order valence-electron chi connectivity index (χ0n) is 17.1. The molecule has 1 heterocycles. The van der Waals surface area contributed by atoms with Crippen LogP contribution < -0.4 is 5.32 Å². The second-order valence-electron chi connectivity index (χ2n) is 7.88. The number of aryl methyl sites for hydroxylation is 1. The first-order valence-electron chi connectivity index (χ1n) is 10.4. The van der Waals surface area contributed by atoms with E-state index in [1.165, 1.54) is 9.80 Å². The molecule has 1 N–H and O–H groups in total. The number of amides is 4. The zero-order valence-corrected chi connectivity index (χ0v) is 17.1. The van der Waals surface area contributed by atoms with Crippen LogP contribution in [0.5, 0.6) is 0 Å². The standard InChI is InChI=1S/C22H29N3O4/c1-3-15-8-4-7-11-18(15)23-19(26)14-24(2)20(27)12-13-25-21(28)16-9-5-6-10-17(16)22(25)29/h4,7-8,11,16-17H,3,5-6,9-10,12-14H2,1-2H3,(H,23,26)/t16-,17+. The van der Waals surface area contributed by atoms with Gasteiger partial charge in [0.15, 0.2) is 0 Å². The van der Waals surface area contributed by atoms with Crippen LogP contribution in [0.4, 0.5) is 5.69 Å². The molecule has 7 nitrogen and oxygen atoms in total. The van der Waals surface area contributed by atoms with Crippen LogP contribution in [0.1, 0.15) is 44.6 Å². The van der Waals surface area contributed by atoms with Crippen LogP contribution >= 0.6 is 0 Å². The van der Waals surface area contributed by atoms with Gasteiger partial charge < -0.3 is 10.2 Å². The summed E-state index contributed by atoms with van der Waals surface area (Å²) in [5, 5.41) is 2.84. The molecule has 1 saturated carbocycles. The largest absolute Gasteiger partial charge is 0.336 e. The normalized spacial score (nSPS) is 21.1. The minimum absolute atomic E-state index is 0.0340. The number of para-hydroxylation sites is 1. The zero-order chi connectivity index (χ0) is 21.0. The second-order valence-corrected chi connectivity index (χ2v) is 7.88. The monoisotopic (exact) mass is 399 g/mol. The molecule has 1 aliphatic carbocycles. The highest BCUT2D eigenvalue weighted by atomic mass is 16.2. The van der Waals surface area contributed by atoms with E-state index in [2.05, 4.69) is 5.32 Å². The Hall–Kier alpha value is -2.70. The van der Waals surface area contributed by atoms with Crippen LogP contribution in [0.2, 0.25) is 0 Å².